The third-order valence-corrected chi connectivity index (χ3v) is 4.71. The van der Waals surface area contributed by atoms with Gasteiger partial charge in [-0.3, -0.25) is 9.69 Å². The van der Waals surface area contributed by atoms with Crippen LogP contribution in [-0.2, 0) is 20.0 Å². The standard InChI is InChI=1S/C10H8ClF3N2O3S/c11-20(18,19)7-4-9(17)16(5-7)8-3-6(1-2-15-8)10(12,13)14/h1-3,7H,4-5H2. The summed E-state index contributed by atoms with van der Waals surface area (Å²) >= 11 is 0. The summed E-state index contributed by atoms with van der Waals surface area (Å²) in [6.45, 7) is -0.307. The molecule has 20 heavy (non-hydrogen) atoms. The summed E-state index contributed by atoms with van der Waals surface area (Å²) < 4.78 is 60.0. The second-order valence-electron chi connectivity index (χ2n) is 4.21. The summed E-state index contributed by atoms with van der Waals surface area (Å²) in [7, 11) is 1.20. The maximum absolute atomic E-state index is 12.6. The van der Waals surface area contributed by atoms with Gasteiger partial charge in [0.2, 0.25) is 15.0 Å². The molecule has 0 aliphatic carbocycles. The third-order valence-electron chi connectivity index (χ3n) is 2.84. The zero-order chi connectivity index (χ0) is 15.1. The molecule has 2 rings (SSSR count). The molecule has 1 amide bonds. The first-order chi connectivity index (χ1) is 9.09. The fourth-order valence-electron chi connectivity index (χ4n) is 1.83. The molecular formula is C10H8ClF3N2O3S. The first-order valence-electron chi connectivity index (χ1n) is 5.36. The van der Waals surface area contributed by atoms with Crippen LogP contribution in [0.2, 0.25) is 0 Å². The summed E-state index contributed by atoms with van der Waals surface area (Å²) in [4.78, 5) is 16.2. The highest BCUT2D eigenvalue weighted by molar-refractivity contribution is 8.14. The Balaban J connectivity index is 2.32. The van der Waals surface area contributed by atoms with E-state index in [4.69, 9.17) is 10.7 Å². The monoisotopic (exact) mass is 328 g/mol. The van der Waals surface area contributed by atoms with Gasteiger partial charge in [-0.25, -0.2) is 13.4 Å². The first kappa shape index (κ1) is 15.0. The summed E-state index contributed by atoms with van der Waals surface area (Å²) in [5.74, 6) is -0.876. The molecule has 1 saturated heterocycles. The van der Waals surface area contributed by atoms with Gasteiger partial charge in [-0.15, -0.1) is 0 Å². The molecule has 1 aliphatic heterocycles. The van der Waals surface area contributed by atoms with E-state index < -0.39 is 31.9 Å². The molecule has 2 heterocycles. The van der Waals surface area contributed by atoms with Gasteiger partial charge >= 0.3 is 6.18 Å². The predicted octanol–water partition coefficient (Wildman–Crippen LogP) is 1.77. The SMILES string of the molecule is O=C1CC(S(=O)(=O)Cl)CN1c1cc(C(F)(F)F)ccn1. The minimum Gasteiger partial charge on any atom is -0.295 e. The maximum atomic E-state index is 12.6. The van der Waals surface area contributed by atoms with Gasteiger partial charge in [0.25, 0.3) is 0 Å². The van der Waals surface area contributed by atoms with Gasteiger partial charge in [0.15, 0.2) is 0 Å². The molecule has 0 saturated carbocycles. The van der Waals surface area contributed by atoms with Crippen molar-refractivity contribution in [1.82, 2.24) is 4.98 Å². The molecular weight excluding hydrogens is 321 g/mol. The van der Waals surface area contributed by atoms with Gasteiger partial charge in [-0.2, -0.15) is 13.2 Å². The summed E-state index contributed by atoms with van der Waals surface area (Å²) in [6.07, 6.45) is -4.03. The Kier molecular flexibility index (Phi) is 3.67. The van der Waals surface area contributed by atoms with Crippen LogP contribution < -0.4 is 4.90 Å². The van der Waals surface area contributed by atoms with Crippen molar-refractivity contribution in [2.75, 3.05) is 11.4 Å². The molecule has 0 aromatic carbocycles. The minimum absolute atomic E-state index is 0.243. The van der Waals surface area contributed by atoms with Crippen molar-refractivity contribution in [2.24, 2.45) is 0 Å². The van der Waals surface area contributed by atoms with Gasteiger partial charge < -0.3 is 0 Å². The van der Waals surface area contributed by atoms with Crippen molar-refractivity contribution in [2.45, 2.75) is 17.8 Å². The molecule has 1 unspecified atom stereocenters. The highest BCUT2D eigenvalue weighted by Gasteiger charge is 2.39. The van der Waals surface area contributed by atoms with Crippen LogP contribution in [0.15, 0.2) is 18.3 Å². The number of alkyl halides is 3. The molecule has 1 fully saturated rings. The fourth-order valence-corrected chi connectivity index (χ4v) is 2.85. The van der Waals surface area contributed by atoms with E-state index in [-0.39, 0.29) is 18.8 Å². The molecule has 5 nitrogen and oxygen atoms in total. The molecule has 0 spiro atoms. The number of hydrogen-bond donors (Lipinski definition) is 0. The minimum atomic E-state index is -4.57. The van der Waals surface area contributed by atoms with Gasteiger partial charge in [-0.05, 0) is 12.1 Å². The quantitative estimate of drug-likeness (QED) is 0.776. The van der Waals surface area contributed by atoms with Crippen molar-refractivity contribution in [3.63, 3.8) is 0 Å². The number of anilines is 1. The van der Waals surface area contributed by atoms with Crippen LogP contribution in [0.4, 0.5) is 19.0 Å². The molecule has 1 aromatic rings. The van der Waals surface area contributed by atoms with Crippen molar-refractivity contribution in [1.29, 1.82) is 0 Å². The van der Waals surface area contributed by atoms with E-state index in [1.54, 1.807) is 0 Å². The van der Waals surface area contributed by atoms with Gasteiger partial charge in [0.1, 0.15) is 11.1 Å². The first-order valence-corrected chi connectivity index (χ1v) is 7.73. The van der Waals surface area contributed by atoms with Crippen molar-refractivity contribution < 1.29 is 26.4 Å². The second kappa shape index (κ2) is 4.88. The number of nitrogens with zero attached hydrogens (tertiary/aromatic N) is 2. The Morgan fingerprint density at radius 3 is 2.55 bits per heavy atom. The molecule has 110 valence electrons. The Morgan fingerprint density at radius 2 is 2.05 bits per heavy atom. The number of aromatic nitrogens is 1. The lowest BCUT2D eigenvalue weighted by atomic mass is 10.2. The van der Waals surface area contributed by atoms with E-state index in [1.165, 1.54) is 0 Å². The molecule has 0 radical (unpaired) electrons. The van der Waals surface area contributed by atoms with Crippen LogP contribution in [0.25, 0.3) is 0 Å². The third kappa shape index (κ3) is 3.04. The number of carbonyl (C=O) groups excluding carboxylic acids is 1. The van der Waals surface area contributed by atoms with Gasteiger partial charge in [0.05, 0.1) is 5.56 Å². The normalized spacial score (nSPS) is 20.5. The molecule has 0 bridgehead atoms. The van der Waals surface area contributed by atoms with Crippen LogP contribution >= 0.6 is 10.7 Å². The highest BCUT2D eigenvalue weighted by atomic mass is 35.7. The van der Waals surface area contributed by atoms with E-state index in [2.05, 4.69) is 4.98 Å². The Morgan fingerprint density at radius 1 is 1.40 bits per heavy atom. The number of hydrogen-bond acceptors (Lipinski definition) is 4. The van der Waals surface area contributed by atoms with E-state index in [0.717, 1.165) is 17.2 Å². The maximum Gasteiger partial charge on any atom is 0.416 e. The average molecular weight is 329 g/mol. The lowest BCUT2D eigenvalue weighted by molar-refractivity contribution is -0.137. The largest absolute Gasteiger partial charge is 0.416 e. The van der Waals surface area contributed by atoms with Crippen LogP contribution in [0, 0.1) is 0 Å². The zero-order valence-corrected chi connectivity index (χ0v) is 11.3. The molecule has 1 aromatic heterocycles. The van der Waals surface area contributed by atoms with E-state index in [1.807, 2.05) is 0 Å². The summed E-state index contributed by atoms with van der Waals surface area (Å²) in [5, 5.41) is -1.15. The van der Waals surface area contributed by atoms with Crippen molar-refractivity contribution in [3.8, 4) is 0 Å². The van der Waals surface area contributed by atoms with Crippen molar-refractivity contribution in [3.05, 3.63) is 23.9 Å². The lowest BCUT2D eigenvalue weighted by Gasteiger charge is -2.16. The average Bonchev–Trinajstić information content (AvgIpc) is 2.70. The number of amides is 1. The second-order valence-corrected chi connectivity index (χ2v) is 7.11. The van der Waals surface area contributed by atoms with E-state index in [0.29, 0.717) is 6.07 Å². The summed E-state index contributed by atoms with van der Waals surface area (Å²) in [6, 6.07) is 1.46. The number of carbonyl (C=O) groups is 1. The van der Waals surface area contributed by atoms with Crippen LogP contribution in [0.3, 0.4) is 0 Å². The zero-order valence-electron chi connectivity index (χ0n) is 9.76. The molecule has 0 N–H and O–H groups in total. The van der Waals surface area contributed by atoms with Crippen LogP contribution in [0.5, 0.6) is 0 Å². The van der Waals surface area contributed by atoms with Gasteiger partial charge in [-0.1, -0.05) is 0 Å². The lowest BCUT2D eigenvalue weighted by Crippen LogP contribution is -2.27. The molecule has 10 heteroatoms. The molecule has 1 aliphatic rings. The number of halogens is 4. The Hall–Kier alpha value is -1.35. The van der Waals surface area contributed by atoms with E-state index >= 15 is 0 Å². The van der Waals surface area contributed by atoms with Gasteiger partial charge in [0, 0.05) is 29.8 Å². The number of rotatable bonds is 2. The highest BCUT2D eigenvalue weighted by Crippen LogP contribution is 2.32. The smallest absolute Gasteiger partial charge is 0.295 e. The number of pyridine rings is 1. The fraction of sp³-hybridized carbons (Fsp3) is 0.400. The van der Waals surface area contributed by atoms with E-state index in [9.17, 15) is 26.4 Å². The van der Waals surface area contributed by atoms with Crippen molar-refractivity contribution >= 4 is 31.5 Å². The molecule has 1 atom stereocenters. The Bertz CT molecular complexity index is 647. The Labute approximate surface area is 116 Å². The topological polar surface area (TPSA) is 67.3 Å². The summed E-state index contributed by atoms with van der Waals surface area (Å²) in [5.41, 5.74) is -0.965. The van der Waals surface area contributed by atoms with Crippen LogP contribution in [0.1, 0.15) is 12.0 Å². The van der Waals surface area contributed by atoms with Crippen LogP contribution in [-0.4, -0.2) is 31.1 Å². The predicted molar refractivity (Wildman–Crippen MR) is 64.8 cm³/mol.